The Morgan fingerprint density at radius 1 is 0.629 bits per heavy atom. The molecule has 1 heterocycles. The van der Waals surface area contributed by atoms with Crippen molar-refractivity contribution >= 4 is 17.8 Å². The summed E-state index contributed by atoms with van der Waals surface area (Å²) in [5.74, 6) is -2.17. The average molecular weight is 508 g/mol. The molecule has 2 atom stereocenters. The quantitative estimate of drug-likeness (QED) is 0.376. The minimum Gasteiger partial charge on any atom is -0.274 e. The van der Waals surface area contributed by atoms with Crippen LogP contribution < -0.4 is 0 Å². The number of nitrogens with zero attached hydrogens (tertiary/aromatic N) is 2. The first kappa shape index (κ1) is 26.1. The zero-order chi connectivity index (χ0) is 26.1. The molecule has 0 N–H and O–H groups in total. The molecule has 13 heteroatoms. The Morgan fingerprint density at radius 3 is 1.23 bits per heavy atom. The molecule has 188 valence electrons. The second-order valence-corrected chi connectivity index (χ2v) is 7.64. The molecule has 0 aliphatic carbocycles. The Kier molecular flexibility index (Phi) is 7.18. The van der Waals surface area contributed by atoms with E-state index >= 15 is 0 Å². The normalized spacial score (nSPS) is 17.1. The van der Waals surface area contributed by atoms with Crippen molar-refractivity contribution in [3.8, 4) is 0 Å². The van der Waals surface area contributed by atoms with Crippen molar-refractivity contribution < 1.29 is 49.5 Å². The van der Waals surface area contributed by atoms with E-state index < -0.39 is 73.2 Å². The largest absolute Gasteiger partial charge is 0.416 e. The molecule has 0 bridgehead atoms. The van der Waals surface area contributed by atoms with E-state index in [2.05, 4.69) is 0 Å². The van der Waals surface area contributed by atoms with Crippen molar-refractivity contribution in [2.45, 2.75) is 31.1 Å². The Morgan fingerprint density at radius 2 is 0.943 bits per heavy atom. The zero-order valence-corrected chi connectivity index (χ0v) is 17.5. The summed E-state index contributed by atoms with van der Waals surface area (Å²) in [5.41, 5.74) is -2.61. The van der Waals surface area contributed by atoms with Gasteiger partial charge in [-0.25, -0.2) is 13.6 Å². The fourth-order valence-corrected chi connectivity index (χ4v) is 3.33. The molecule has 0 radical (unpaired) electrons. The summed E-state index contributed by atoms with van der Waals surface area (Å²) in [6.45, 7) is -1.88. The van der Waals surface area contributed by atoms with Gasteiger partial charge in [-0.05, 0) is 35.4 Å². The van der Waals surface area contributed by atoms with Gasteiger partial charge in [0.25, 0.3) is 0 Å². The maximum absolute atomic E-state index is 14.7. The van der Waals surface area contributed by atoms with Gasteiger partial charge >= 0.3 is 18.4 Å². The highest BCUT2D eigenvalue weighted by Gasteiger charge is 2.40. The van der Waals surface area contributed by atoms with Crippen LogP contribution in [0.4, 0.5) is 39.9 Å². The van der Waals surface area contributed by atoms with Crippen LogP contribution in [-0.4, -0.2) is 40.7 Å². The van der Waals surface area contributed by atoms with Gasteiger partial charge in [0.1, 0.15) is 18.8 Å². The van der Waals surface area contributed by atoms with E-state index in [1.807, 2.05) is 0 Å². The molecular formula is C22H16F8N2O3. The number of alkyl halides is 8. The van der Waals surface area contributed by atoms with Gasteiger partial charge in [0.2, 0.25) is 11.8 Å². The van der Waals surface area contributed by atoms with Crippen molar-refractivity contribution in [1.82, 2.24) is 9.80 Å². The summed E-state index contributed by atoms with van der Waals surface area (Å²) in [4.78, 5) is 37.6. The second kappa shape index (κ2) is 9.62. The van der Waals surface area contributed by atoms with E-state index in [0.717, 1.165) is 24.3 Å². The molecule has 4 amide bonds. The van der Waals surface area contributed by atoms with E-state index in [-0.39, 0.29) is 11.1 Å². The van der Waals surface area contributed by atoms with Gasteiger partial charge in [-0.15, -0.1) is 0 Å². The number of halogens is 8. The topological polar surface area (TPSA) is 57.7 Å². The highest BCUT2D eigenvalue weighted by Crippen LogP contribution is 2.32. The summed E-state index contributed by atoms with van der Waals surface area (Å²) in [6.07, 6.45) is -14.4. The molecule has 0 unspecified atom stereocenters. The first-order valence-corrected chi connectivity index (χ1v) is 9.95. The van der Waals surface area contributed by atoms with Crippen LogP contribution in [0.15, 0.2) is 48.5 Å². The van der Waals surface area contributed by atoms with Crippen LogP contribution in [0, 0.1) is 0 Å². The van der Waals surface area contributed by atoms with Gasteiger partial charge in [-0.2, -0.15) is 26.3 Å². The minimum absolute atomic E-state index is 0.268. The maximum Gasteiger partial charge on any atom is 0.416 e. The Balaban J connectivity index is 1.71. The molecule has 0 spiro atoms. The second-order valence-electron chi connectivity index (χ2n) is 7.64. The molecule has 1 aliphatic rings. The first-order chi connectivity index (χ1) is 16.2. The van der Waals surface area contributed by atoms with Crippen LogP contribution in [0.5, 0.6) is 0 Å². The van der Waals surface area contributed by atoms with E-state index in [4.69, 9.17) is 0 Å². The zero-order valence-electron chi connectivity index (χ0n) is 17.5. The van der Waals surface area contributed by atoms with Gasteiger partial charge < -0.3 is 0 Å². The first-order valence-electron chi connectivity index (χ1n) is 9.95. The van der Waals surface area contributed by atoms with Crippen molar-refractivity contribution in [3.05, 3.63) is 70.8 Å². The van der Waals surface area contributed by atoms with Crippen LogP contribution in [-0.2, 0) is 21.9 Å². The van der Waals surface area contributed by atoms with Gasteiger partial charge in [0.05, 0.1) is 24.2 Å². The summed E-state index contributed by atoms with van der Waals surface area (Å²) in [7, 11) is 0. The lowest BCUT2D eigenvalue weighted by atomic mass is 10.1. The third-order valence-electron chi connectivity index (χ3n) is 5.25. The molecule has 0 aromatic heterocycles. The monoisotopic (exact) mass is 508 g/mol. The lowest BCUT2D eigenvalue weighted by Gasteiger charge is -2.34. The van der Waals surface area contributed by atoms with Crippen molar-refractivity contribution in [2.75, 3.05) is 13.1 Å². The number of barbiturate groups is 1. The summed E-state index contributed by atoms with van der Waals surface area (Å²) in [6, 6.07) is 4.45. The molecule has 3 rings (SSSR count). The lowest BCUT2D eigenvalue weighted by molar-refractivity contribution is -0.143. The number of hydrogen-bond acceptors (Lipinski definition) is 3. The van der Waals surface area contributed by atoms with Crippen LogP contribution in [0.2, 0.25) is 0 Å². The van der Waals surface area contributed by atoms with Gasteiger partial charge in [0.15, 0.2) is 0 Å². The number of carbonyl (C=O) groups is 3. The predicted octanol–water partition coefficient (Wildman–Crippen LogP) is 5.63. The Bertz CT molecular complexity index is 1010. The molecule has 35 heavy (non-hydrogen) atoms. The lowest BCUT2D eigenvalue weighted by Crippen LogP contribution is -2.56. The fraction of sp³-hybridized carbons (Fsp3) is 0.318. The molecule has 0 saturated carbocycles. The predicted molar refractivity (Wildman–Crippen MR) is 104 cm³/mol. The number of rotatable bonds is 6. The fourth-order valence-electron chi connectivity index (χ4n) is 3.33. The summed E-state index contributed by atoms with van der Waals surface area (Å²) in [5, 5.41) is 0. The highest BCUT2D eigenvalue weighted by atomic mass is 19.4. The van der Waals surface area contributed by atoms with Crippen molar-refractivity contribution in [2.24, 2.45) is 0 Å². The number of carbonyl (C=O) groups excluding carboxylic acids is 3. The number of imide groups is 2. The van der Waals surface area contributed by atoms with Crippen molar-refractivity contribution in [3.63, 3.8) is 0 Å². The van der Waals surface area contributed by atoms with Crippen LogP contribution >= 0.6 is 0 Å². The van der Waals surface area contributed by atoms with E-state index in [9.17, 15) is 49.5 Å². The number of amides is 4. The molecule has 2 aromatic rings. The van der Waals surface area contributed by atoms with Crippen LogP contribution in [0.3, 0.4) is 0 Å². The maximum atomic E-state index is 14.7. The van der Waals surface area contributed by atoms with E-state index in [1.165, 1.54) is 0 Å². The number of urea groups is 1. The number of benzene rings is 2. The smallest absolute Gasteiger partial charge is 0.274 e. The molecular weight excluding hydrogens is 492 g/mol. The standard InChI is InChI=1S/C22H16F8N2O3/c23-16(12-1-5-14(6-2-12)21(25,26)27)10-31-18(33)9-19(34)32(20(31)35)11-17(24)13-3-7-15(8-4-13)22(28,29)30/h1-8,16-17H,9-11H2/t16-,17-/m0/s1. The van der Waals surface area contributed by atoms with E-state index in [1.54, 1.807) is 0 Å². The molecule has 1 aliphatic heterocycles. The van der Waals surface area contributed by atoms with E-state index in [0.29, 0.717) is 34.1 Å². The molecule has 2 aromatic carbocycles. The Labute approximate surface area is 192 Å². The third kappa shape index (κ3) is 5.95. The van der Waals surface area contributed by atoms with Crippen LogP contribution in [0.1, 0.15) is 41.0 Å². The van der Waals surface area contributed by atoms with Gasteiger partial charge in [-0.3, -0.25) is 19.4 Å². The Hall–Kier alpha value is -3.51. The molecule has 5 nitrogen and oxygen atoms in total. The highest BCUT2D eigenvalue weighted by molar-refractivity contribution is 6.14. The summed E-state index contributed by atoms with van der Waals surface area (Å²) >= 11 is 0. The van der Waals surface area contributed by atoms with Gasteiger partial charge in [0, 0.05) is 0 Å². The average Bonchev–Trinajstić information content (AvgIpc) is 2.78. The van der Waals surface area contributed by atoms with Crippen LogP contribution in [0.25, 0.3) is 0 Å². The van der Waals surface area contributed by atoms with Gasteiger partial charge in [-0.1, -0.05) is 24.3 Å². The third-order valence-corrected chi connectivity index (χ3v) is 5.25. The van der Waals surface area contributed by atoms with Crippen molar-refractivity contribution in [1.29, 1.82) is 0 Å². The molecule has 1 fully saturated rings. The summed E-state index contributed by atoms with van der Waals surface area (Å²) < 4.78 is 105. The number of hydrogen-bond donors (Lipinski definition) is 0. The SMILES string of the molecule is O=C1CC(=O)N(C[C@H](F)c2ccc(C(F)(F)F)cc2)C(=O)N1C[C@H](F)c1ccc(C(F)(F)F)cc1. The molecule has 1 saturated heterocycles. The minimum atomic E-state index is -4.65.